The second-order valence-electron chi connectivity index (χ2n) is 8.45. The van der Waals surface area contributed by atoms with Crippen LogP contribution in [0.3, 0.4) is 0 Å². The van der Waals surface area contributed by atoms with E-state index in [-0.39, 0.29) is 33.6 Å². The molecule has 1 saturated heterocycles. The lowest BCUT2D eigenvalue weighted by atomic mass is 9.91. The summed E-state index contributed by atoms with van der Waals surface area (Å²) >= 11 is 12.9. The minimum absolute atomic E-state index is 0.0794. The van der Waals surface area contributed by atoms with Gasteiger partial charge in [0.15, 0.2) is 5.82 Å². The molecule has 0 saturated carbocycles. The van der Waals surface area contributed by atoms with Crippen molar-refractivity contribution in [3.63, 3.8) is 0 Å². The molecule has 7 nitrogen and oxygen atoms in total. The molecule has 1 aromatic heterocycles. The van der Waals surface area contributed by atoms with Crippen LogP contribution >= 0.6 is 23.2 Å². The van der Waals surface area contributed by atoms with Crippen LogP contribution < -0.4 is 16.4 Å². The van der Waals surface area contributed by atoms with E-state index in [0.29, 0.717) is 17.1 Å². The summed E-state index contributed by atoms with van der Waals surface area (Å²) in [5.74, 6) is 0.352. The van der Waals surface area contributed by atoms with Crippen LogP contribution in [0.2, 0.25) is 10.0 Å². The Hall–Kier alpha value is -2.87. The van der Waals surface area contributed by atoms with E-state index in [2.05, 4.69) is 21.8 Å². The van der Waals surface area contributed by atoms with Gasteiger partial charge in [-0.25, -0.2) is 14.8 Å². The molecule has 2 heterocycles. The highest BCUT2D eigenvalue weighted by Gasteiger charge is 2.27. The Morgan fingerprint density at radius 2 is 1.82 bits per heavy atom. The third-order valence-corrected chi connectivity index (χ3v) is 6.67. The van der Waals surface area contributed by atoms with E-state index in [4.69, 9.17) is 39.4 Å². The van der Waals surface area contributed by atoms with Crippen molar-refractivity contribution in [1.82, 2.24) is 9.97 Å². The molecule has 172 valence electrons. The minimum Gasteiger partial charge on any atom is -0.457 e. The number of rotatable bonds is 5. The van der Waals surface area contributed by atoms with Gasteiger partial charge >= 0.3 is 5.97 Å². The number of hydrogen-bond donors (Lipinski definition) is 2. The summed E-state index contributed by atoms with van der Waals surface area (Å²) < 4.78 is 5.37. The number of nitrogen functional groups attached to an aromatic ring is 1. The van der Waals surface area contributed by atoms with E-state index in [0.717, 1.165) is 31.5 Å². The number of hydrogen-bond acceptors (Lipinski definition) is 7. The molecule has 2 aromatic carbocycles. The largest absolute Gasteiger partial charge is 0.457 e. The monoisotopic (exact) mass is 485 g/mol. The van der Waals surface area contributed by atoms with Crippen molar-refractivity contribution in [2.24, 2.45) is 5.73 Å². The molecule has 1 aliphatic rings. The van der Waals surface area contributed by atoms with E-state index < -0.39 is 5.97 Å². The molecule has 1 aliphatic heterocycles. The fourth-order valence-corrected chi connectivity index (χ4v) is 4.19. The predicted octanol–water partition coefficient (Wildman–Crippen LogP) is 4.71. The van der Waals surface area contributed by atoms with Crippen LogP contribution in [0, 0.1) is 0 Å². The van der Waals surface area contributed by atoms with Crippen LogP contribution in [0.4, 0.5) is 11.6 Å². The normalized spacial score (nSPS) is 15.3. The van der Waals surface area contributed by atoms with Gasteiger partial charge in [-0.1, -0.05) is 59.6 Å². The van der Waals surface area contributed by atoms with Gasteiger partial charge in [0.2, 0.25) is 0 Å². The molecular weight excluding hydrogens is 461 g/mol. The SMILES string of the molecule is CC1(N)CCN(c2cnc(-c3ccc(C(=O)OCc4ccccc4)c(Cl)c3Cl)c(N)n2)CC1. The van der Waals surface area contributed by atoms with E-state index in [9.17, 15) is 4.79 Å². The van der Waals surface area contributed by atoms with Crippen molar-refractivity contribution in [2.45, 2.75) is 31.9 Å². The Balaban J connectivity index is 1.52. The third-order valence-electron chi connectivity index (χ3n) is 5.79. The lowest BCUT2D eigenvalue weighted by Crippen LogP contribution is -2.48. The fraction of sp³-hybridized carbons (Fsp3) is 0.292. The van der Waals surface area contributed by atoms with Gasteiger partial charge in [0.05, 0.1) is 21.8 Å². The molecule has 9 heteroatoms. The van der Waals surface area contributed by atoms with Gasteiger partial charge in [-0.15, -0.1) is 0 Å². The average molecular weight is 486 g/mol. The zero-order valence-electron chi connectivity index (χ0n) is 18.2. The summed E-state index contributed by atoms with van der Waals surface area (Å²) in [4.78, 5) is 23.7. The van der Waals surface area contributed by atoms with E-state index in [1.807, 2.05) is 30.3 Å². The molecule has 0 radical (unpaired) electrons. The number of benzene rings is 2. The second-order valence-corrected chi connectivity index (χ2v) is 9.21. The first-order chi connectivity index (χ1) is 15.7. The molecule has 3 aromatic rings. The fourth-order valence-electron chi connectivity index (χ4n) is 3.69. The maximum absolute atomic E-state index is 12.5. The van der Waals surface area contributed by atoms with Crippen LogP contribution in [-0.2, 0) is 11.3 Å². The van der Waals surface area contributed by atoms with E-state index in [1.165, 1.54) is 0 Å². The molecule has 33 heavy (non-hydrogen) atoms. The van der Waals surface area contributed by atoms with Gasteiger partial charge in [0, 0.05) is 24.2 Å². The van der Waals surface area contributed by atoms with Crippen LogP contribution in [0.1, 0.15) is 35.7 Å². The summed E-state index contributed by atoms with van der Waals surface area (Å²) in [6, 6.07) is 12.6. The van der Waals surface area contributed by atoms with Crippen molar-refractivity contribution in [2.75, 3.05) is 23.7 Å². The van der Waals surface area contributed by atoms with Gasteiger partial charge < -0.3 is 21.1 Å². The third kappa shape index (κ3) is 5.21. The van der Waals surface area contributed by atoms with Crippen LogP contribution in [-0.4, -0.2) is 34.6 Å². The standard InChI is InChI=1S/C24H25Cl2N5O2/c1-24(28)9-11-31(12-10-24)18-13-29-21(22(27)30-18)16-7-8-17(20(26)19(16)25)23(32)33-14-15-5-3-2-4-6-15/h2-8,13H,9-12,14,28H2,1H3,(H2,27,30). The maximum atomic E-state index is 12.5. The van der Waals surface area contributed by atoms with Crippen molar-refractivity contribution in [3.8, 4) is 11.3 Å². The number of aromatic nitrogens is 2. The van der Waals surface area contributed by atoms with E-state index in [1.54, 1.807) is 18.3 Å². The zero-order valence-corrected chi connectivity index (χ0v) is 19.7. The summed E-state index contributed by atoms with van der Waals surface area (Å²) in [6.45, 7) is 3.76. The number of carbonyl (C=O) groups is 1. The molecular formula is C24H25Cl2N5O2. The number of anilines is 2. The van der Waals surface area contributed by atoms with Crippen LogP contribution in [0.15, 0.2) is 48.7 Å². The van der Waals surface area contributed by atoms with Gasteiger partial charge in [-0.3, -0.25) is 0 Å². The van der Waals surface area contributed by atoms with Crippen molar-refractivity contribution < 1.29 is 9.53 Å². The first-order valence-electron chi connectivity index (χ1n) is 10.6. The number of carbonyl (C=O) groups excluding carboxylic acids is 1. The van der Waals surface area contributed by atoms with Crippen LogP contribution in [0.25, 0.3) is 11.3 Å². The quantitative estimate of drug-likeness (QED) is 0.503. The maximum Gasteiger partial charge on any atom is 0.340 e. The number of nitrogens with two attached hydrogens (primary N) is 2. The average Bonchev–Trinajstić information content (AvgIpc) is 2.80. The Morgan fingerprint density at radius 3 is 2.48 bits per heavy atom. The van der Waals surface area contributed by atoms with Crippen LogP contribution in [0.5, 0.6) is 0 Å². The summed E-state index contributed by atoms with van der Waals surface area (Å²) in [5.41, 5.74) is 14.2. The summed E-state index contributed by atoms with van der Waals surface area (Å²) in [7, 11) is 0. The highest BCUT2D eigenvalue weighted by atomic mass is 35.5. The molecule has 0 unspecified atom stereocenters. The Labute approximate surface area is 202 Å². The minimum atomic E-state index is -0.566. The summed E-state index contributed by atoms with van der Waals surface area (Å²) in [5, 5.41) is 0.243. The molecule has 0 amide bonds. The molecule has 0 spiro atoms. The van der Waals surface area contributed by atoms with Crippen molar-refractivity contribution >= 4 is 40.8 Å². The molecule has 0 bridgehead atoms. The number of ether oxygens (including phenoxy) is 1. The molecule has 1 fully saturated rings. The Bertz CT molecular complexity index is 1160. The Kier molecular flexibility index (Phi) is 6.74. The van der Waals surface area contributed by atoms with Gasteiger partial charge in [0.25, 0.3) is 0 Å². The first-order valence-corrected chi connectivity index (χ1v) is 11.4. The second kappa shape index (κ2) is 9.55. The van der Waals surface area contributed by atoms with E-state index >= 15 is 0 Å². The lowest BCUT2D eigenvalue weighted by Gasteiger charge is -2.37. The predicted molar refractivity (Wildman–Crippen MR) is 132 cm³/mol. The highest BCUT2D eigenvalue weighted by molar-refractivity contribution is 6.45. The highest BCUT2D eigenvalue weighted by Crippen LogP contribution is 2.37. The molecule has 0 atom stereocenters. The number of piperidine rings is 1. The molecule has 0 aliphatic carbocycles. The van der Waals surface area contributed by atoms with Crippen molar-refractivity contribution in [1.29, 1.82) is 0 Å². The first kappa shape index (κ1) is 23.3. The number of nitrogens with zero attached hydrogens (tertiary/aromatic N) is 3. The van der Waals surface area contributed by atoms with Gasteiger partial charge in [0.1, 0.15) is 18.1 Å². The number of esters is 1. The molecule has 4 rings (SSSR count). The molecule has 4 N–H and O–H groups in total. The van der Waals surface area contributed by atoms with Gasteiger partial charge in [-0.2, -0.15) is 0 Å². The van der Waals surface area contributed by atoms with Gasteiger partial charge in [-0.05, 0) is 31.4 Å². The number of halogens is 2. The Morgan fingerprint density at radius 1 is 1.12 bits per heavy atom. The topological polar surface area (TPSA) is 107 Å². The lowest BCUT2D eigenvalue weighted by molar-refractivity contribution is 0.0473. The smallest absolute Gasteiger partial charge is 0.340 e. The zero-order chi connectivity index (χ0) is 23.6. The van der Waals surface area contributed by atoms with Crippen molar-refractivity contribution in [3.05, 3.63) is 69.8 Å². The summed E-state index contributed by atoms with van der Waals surface area (Å²) in [6.07, 6.45) is 3.39.